The smallest absolute Gasteiger partial charge is 0.393 e. The zero-order valence-corrected chi connectivity index (χ0v) is 25.4. The number of carbonyl (C=O) groups excluding carboxylic acids is 1. The van der Waals surface area contributed by atoms with Crippen LogP contribution in [0.1, 0.15) is 69.3 Å². The van der Waals surface area contributed by atoms with Crippen LogP contribution in [-0.2, 0) is 16.4 Å². The van der Waals surface area contributed by atoms with Gasteiger partial charge in [-0.1, -0.05) is 37.8 Å². The van der Waals surface area contributed by atoms with Crippen LogP contribution < -0.4 is 15.4 Å². The van der Waals surface area contributed by atoms with Crippen molar-refractivity contribution < 1.29 is 31.1 Å². The lowest BCUT2D eigenvalue weighted by molar-refractivity contribution is -0.184. The minimum atomic E-state index is -4.30. The Labute approximate surface area is 244 Å². The number of aromatic nitrogens is 3. The number of aryl methyl sites for hydroxylation is 1. The standard InChI is InChI=1S/C27H39ClF3N5O4S/c1-5-17(10-9-13-41(4,38)39)15-33-26(37)24-23(28)25(36(6-2)35-24)18-16-32-22(14-21(18)40-3)34-20-12-8-7-11-19(20)27(29,30)31/h14,16-17,19-20H,5-13,15H2,1-4H3,(H,32,34)(H,33,37)/t17-,19?,20?/m1/s1. The van der Waals surface area contributed by atoms with Crippen molar-refractivity contribution in [3.63, 3.8) is 0 Å². The van der Waals surface area contributed by atoms with Gasteiger partial charge in [-0.15, -0.1) is 0 Å². The first kappa shape index (κ1) is 33.0. The van der Waals surface area contributed by atoms with Crippen LogP contribution in [0.3, 0.4) is 0 Å². The molecule has 3 rings (SSSR count). The molecule has 3 atom stereocenters. The van der Waals surface area contributed by atoms with Crippen molar-refractivity contribution in [1.82, 2.24) is 20.1 Å². The molecule has 0 spiro atoms. The van der Waals surface area contributed by atoms with E-state index in [0.717, 1.165) is 6.42 Å². The number of carbonyl (C=O) groups is 1. The zero-order valence-electron chi connectivity index (χ0n) is 23.9. The average molecular weight is 622 g/mol. The van der Waals surface area contributed by atoms with E-state index in [-0.39, 0.29) is 34.6 Å². The van der Waals surface area contributed by atoms with Crippen LogP contribution in [0.2, 0.25) is 5.02 Å². The molecule has 0 aliphatic heterocycles. The minimum Gasteiger partial charge on any atom is -0.496 e. The lowest BCUT2D eigenvalue weighted by Gasteiger charge is -2.33. The monoisotopic (exact) mass is 621 g/mol. The van der Waals surface area contributed by atoms with E-state index in [1.54, 1.807) is 4.68 Å². The van der Waals surface area contributed by atoms with Crippen LogP contribution >= 0.6 is 11.6 Å². The third kappa shape index (κ3) is 8.73. The van der Waals surface area contributed by atoms with Gasteiger partial charge >= 0.3 is 6.18 Å². The molecule has 0 aromatic carbocycles. The van der Waals surface area contributed by atoms with Gasteiger partial charge in [0.2, 0.25) is 0 Å². The van der Waals surface area contributed by atoms with Gasteiger partial charge in [0.1, 0.15) is 21.4 Å². The maximum absolute atomic E-state index is 13.6. The first-order valence-corrected chi connectivity index (χ1v) is 16.3. The molecule has 1 aliphatic rings. The summed E-state index contributed by atoms with van der Waals surface area (Å²) < 4.78 is 70.7. The molecule has 41 heavy (non-hydrogen) atoms. The van der Waals surface area contributed by atoms with Gasteiger partial charge in [-0.3, -0.25) is 9.48 Å². The normalized spacial score (nSPS) is 18.6. The van der Waals surface area contributed by atoms with Crippen LogP contribution in [0.15, 0.2) is 12.3 Å². The summed E-state index contributed by atoms with van der Waals surface area (Å²) in [6.45, 7) is 4.53. The Morgan fingerprint density at radius 3 is 2.59 bits per heavy atom. The van der Waals surface area contributed by atoms with Crippen molar-refractivity contribution in [3.8, 4) is 17.0 Å². The molecule has 1 amide bonds. The summed E-state index contributed by atoms with van der Waals surface area (Å²) in [6.07, 6.45) is 1.99. The number of hydrogen-bond donors (Lipinski definition) is 2. The number of anilines is 1. The van der Waals surface area contributed by atoms with Crippen LogP contribution in [-0.4, -0.2) is 67.0 Å². The minimum absolute atomic E-state index is 0.0222. The number of ether oxygens (including phenoxy) is 1. The largest absolute Gasteiger partial charge is 0.496 e. The molecule has 2 aromatic rings. The van der Waals surface area contributed by atoms with Crippen molar-refractivity contribution in [3.05, 3.63) is 23.0 Å². The third-order valence-corrected chi connectivity index (χ3v) is 8.91. The SMILES string of the molecule is CC[C@H](CCCS(C)(=O)=O)CNC(=O)c1nn(CC)c(-c2cnc(NC3CCCCC3C(F)(F)F)cc2OC)c1Cl. The number of sulfone groups is 1. The summed E-state index contributed by atoms with van der Waals surface area (Å²) in [6, 6.07) is 0.744. The predicted molar refractivity (Wildman–Crippen MR) is 153 cm³/mol. The molecule has 2 N–H and O–H groups in total. The molecule has 1 fully saturated rings. The van der Waals surface area contributed by atoms with Crippen molar-refractivity contribution in [2.75, 3.05) is 31.0 Å². The fraction of sp³-hybridized carbons (Fsp3) is 0.667. The van der Waals surface area contributed by atoms with Gasteiger partial charge in [0, 0.05) is 43.4 Å². The number of nitrogens with zero attached hydrogens (tertiary/aromatic N) is 3. The summed E-state index contributed by atoms with van der Waals surface area (Å²) in [5.41, 5.74) is 0.870. The van der Waals surface area contributed by atoms with Crippen LogP contribution in [0.4, 0.5) is 19.0 Å². The molecular weight excluding hydrogens is 583 g/mol. The Morgan fingerprint density at radius 1 is 1.27 bits per heavy atom. The Morgan fingerprint density at radius 2 is 1.98 bits per heavy atom. The number of alkyl halides is 3. The maximum atomic E-state index is 13.6. The van der Waals surface area contributed by atoms with E-state index >= 15 is 0 Å². The number of rotatable bonds is 13. The highest BCUT2D eigenvalue weighted by Gasteiger charge is 2.45. The summed E-state index contributed by atoms with van der Waals surface area (Å²) in [7, 11) is -1.61. The molecule has 2 aromatic heterocycles. The van der Waals surface area contributed by atoms with Gasteiger partial charge in [0.15, 0.2) is 5.69 Å². The molecular formula is C27H39ClF3N5O4S. The molecule has 9 nitrogen and oxygen atoms in total. The number of halogens is 4. The molecule has 1 aliphatic carbocycles. The Hall–Kier alpha value is -2.54. The molecule has 0 saturated heterocycles. The lowest BCUT2D eigenvalue weighted by Crippen LogP contribution is -2.41. The molecule has 230 valence electrons. The molecule has 2 heterocycles. The molecule has 0 bridgehead atoms. The van der Waals surface area contributed by atoms with Gasteiger partial charge in [-0.05, 0) is 38.5 Å². The average Bonchev–Trinajstić information content (AvgIpc) is 3.25. The van der Waals surface area contributed by atoms with Gasteiger partial charge in [-0.2, -0.15) is 18.3 Å². The van der Waals surface area contributed by atoms with Crippen molar-refractivity contribution >= 4 is 33.2 Å². The lowest BCUT2D eigenvalue weighted by atomic mass is 9.84. The van der Waals surface area contributed by atoms with E-state index in [2.05, 4.69) is 20.7 Å². The first-order chi connectivity index (χ1) is 19.3. The number of methoxy groups -OCH3 is 1. The Bertz CT molecular complexity index is 1300. The van der Waals surface area contributed by atoms with E-state index in [4.69, 9.17) is 16.3 Å². The fourth-order valence-electron chi connectivity index (χ4n) is 5.22. The summed E-state index contributed by atoms with van der Waals surface area (Å²) in [4.78, 5) is 17.4. The van der Waals surface area contributed by atoms with E-state index in [0.29, 0.717) is 62.2 Å². The Balaban J connectivity index is 1.79. The maximum Gasteiger partial charge on any atom is 0.393 e. The second kappa shape index (κ2) is 14.1. The highest BCUT2D eigenvalue weighted by atomic mass is 35.5. The predicted octanol–water partition coefficient (Wildman–Crippen LogP) is 5.74. The van der Waals surface area contributed by atoms with Crippen LogP contribution in [0.25, 0.3) is 11.3 Å². The number of amides is 1. The topological polar surface area (TPSA) is 115 Å². The van der Waals surface area contributed by atoms with Gasteiger partial charge in [0.05, 0.1) is 29.3 Å². The van der Waals surface area contributed by atoms with Crippen molar-refractivity contribution in [2.24, 2.45) is 11.8 Å². The van der Waals surface area contributed by atoms with Crippen molar-refractivity contribution in [1.29, 1.82) is 0 Å². The van der Waals surface area contributed by atoms with E-state index < -0.39 is 33.9 Å². The first-order valence-electron chi connectivity index (χ1n) is 13.9. The highest BCUT2D eigenvalue weighted by Crippen LogP contribution is 2.41. The van der Waals surface area contributed by atoms with E-state index in [1.807, 2.05) is 13.8 Å². The summed E-state index contributed by atoms with van der Waals surface area (Å²) in [5.74, 6) is -1.15. The molecule has 2 unspecified atom stereocenters. The number of pyridine rings is 1. The van der Waals surface area contributed by atoms with Gasteiger partial charge < -0.3 is 15.4 Å². The molecule has 0 radical (unpaired) electrons. The highest BCUT2D eigenvalue weighted by molar-refractivity contribution is 7.90. The quantitative estimate of drug-likeness (QED) is 0.293. The van der Waals surface area contributed by atoms with Crippen molar-refractivity contribution in [2.45, 2.75) is 77.6 Å². The fourth-order valence-corrected chi connectivity index (χ4v) is 6.24. The zero-order chi connectivity index (χ0) is 30.4. The van der Waals surface area contributed by atoms with Crippen LogP contribution in [0, 0.1) is 11.8 Å². The Kier molecular flexibility index (Phi) is 11.3. The second-order valence-electron chi connectivity index (χ2n) is 10.5. The molecule has 1 saturated carbocycles. The summed E-state index contributed by atoms with van der Waals surface area (Å²) in [5, 5.41) is 10.3. The van der Waals surface area contributed by atoms with Crippen LogP contribution in [0.5, 0.6) is 5.75 Å². The molecule has 14 heteroatoms. The summed E-state index contributed by atoms with van der Waals surface area (Å²) >= 11 is 6.68. The van der Waals surface area contributed by atoms with Gasteiger partial charge in [-0.25, -0.2) is 13.4 Å². The second-order valence-corrected chi connectivity index (χ2v) is 13.2. The number of nitrogens with one attached hydrogen (secondary N) is 2. The third-order valence-electron chi connectivity index (χ3n) is 7.53. The van der Waals surface area contributed by atoms with E-state index in [1.165, 1.54) is 25.6 Å². The number of hydrogen-bond acceptors (Lipinski definition) is 7. The van der Waals surface area contributed by atoms with Gasteiger partial charge in [0.25, 0.3) is 5.91 Å². The van der Waals surface area contributed by atoms with E-state index in [9.17, 15) is 26.4 Å².